The number of sulfonamides is 1. The van der Waals surface area contributed by atoms with Crippen LogP contribution >= 0.6 is 11.3 Å². The van der Waals surface area contributed by atoms with Crippen LogP contribution in [0.5, 0.6) is 0 Å². The van der Waals surface area contributed by atoms with E-state index in [0.717, 1.165) is 16.2 Å². The van der Waals surface area contributed by atoms with Crippen molar-refractivity contribution in [1.29, 1.82) is 0 Å². The smallest absolute Gasteiger partial charge is 0.250 e. The van der Waals surface area contributed by atoms with Gasteiger partial charge in [0.15, 0.2) is 0 Å². The van der Waals surface area contributed by atoms with Crippen LogP contribution in [-0.4, -0.2) is 60.8 Å². The van der Waals surface area contributed by atoms with Crippen molar-refractivity contribution >= 4 is 21.4 Å². The highest BCUT2D eigenvalue weighted by Gasteiger charge is 2.41. The summed E-state index contributed by atoms with van der Waals surface area (Å²) >= 11 is 1.14. The van der Waals surface area contributed by atoms with E-state index in [2.05, 4.69) is 4.72 Å². The second-order valence-corrected chi connectivity index (χ2v) is 8.35. The van der Waals surface area contributed by atoms with Crippen LogP contribution in [0.25, 0.3) is 0 Å². The first kappa shape index (κ1) is 16.8. The summed E-state index contributed by atoms with van der Waals surface area (Å²) in [5, 5.41) is 29.1. The Kier molecular flexibility index (Phi) is 5.03. The molecule has 1 aliphatic heterocycles. The third-order valence-electron chi connectivity index (χ3n) is 3.41. The van der Waals surface area contributed by atoms with Crippen LogP contribution in [0.3, 0.4) is 0 Å². The van der Waals surface area contributed by atoms with Crippen molar-refractivity contribution in [3.63, 3.8) is 0 Å². The van der Waals surface area contributed by atoms with Gasteiger partial charge in [0.1, 0.15) is 28.6 Å². The highest BCUT2D eigenvalue weighted by Crippen LogP contribution is 2.23. The molecule has 1 saturated heterocycles. The summed E-state index contributed by atoms with van der Waals surface area (Å²) in [7, 11) is -3.68. The molecular formula is C12H19NO6S2. The molecule has 0 aromatic carbocycles. The Hall–Kier alpha value is -0.550. The summed E-state index contributed by atoms with van der Waals surface area (Å²) in [5.74, 6) is 0. The van der Waals surface area contributed by atoms with Crippen molar-refractivity contribution in [2.75, 3.05) is 6.54 Å². The van der Waals surface area contributed by atoms with Gasteiger partial charge in [0.2, 0.25) is 10.0 Å². The summed E-state index contributed by atoms with van der Waals surface area (Å²) in [6, 6.07) is 3.20. The summed E-state index contributed by atoms with van der Waals surface area (Å²) in [6.45, 7) is 3.16. The average Bonchev–Trinajstić information content (AvgIpc) is 2.86. The molecule has 0 radical (unpaired) electrons. The Morgan fingerprint density at radius 3 is 2.48 bits per heavy atom. The van der Waals surface area contributed by atoms with Crippen LogP contribution in [0.15, 0.2) is 16.3 Å². The molecule has 9 heteroatoms. The summed E-state index contributed by atoms with van der Waals surface area (Å²) < 4.78 is 32.0. The number of hydrogen-bond acceptors (Lipinski definition) is 7. The van der Waals surface area contributed by atoms with Crippen molar-refractivity contribution in [2.24, 2.45) is 0 Å². The molecular weight excluding hydrogens is 318 g/mol. The predicted octanol–water partition coefficient (Wildman–Crippen LogP) is -0.795. The minimum absolute atomic E-state index is 0.180. The molecule has 21 heavy (non-hydrogen) atoms. The largest absolute Gasteiger partial charge is 0.388 e. The maximum Gasteiger partial charge on any atom is 0.250 e. The standard InChI is InChI=1S/C12H19NO6S2/c1-6-3-4-9(20-6)21(17,18)13-5-8-11(15)12(16)10(14)7(2)19-8/h3-4,7-8,10-16H,5H2,1-2H3/t7-,8+,10+,11+,12+/m0/s1. The zero-order chi connectivity index (χ0) is 15.8. The molecule has 1 aromatic rings. The fourth-order valence-corrected chi connectivity index (χ4v) is 4.50. The first-order valence-corrected chi connectivity index (χ1v) is 8.78. The molecule has 1 aliphatic rings. The van der Waals surface area contributed by atoms with Gasteiger partial charge in [0.05, 0.1) is 6.10 Å². The van der Waals surface area contributed by atoms with E-state index in [1.807, 2.05) is 0 Å². The maximum absolute atomic E-state index is 12.1. The van der Waals surface area contributed by atoms with Gasteiger partial charge >= 0.3 is 0 Å². The van der Waals surface area contributed by atoms with E-state index in [1.165, 1.54) is 6.07 Å². The summed E-state index contributed by atoms with van der Waals surface area (Å²) in [4.78, 5) is 0.872. The monoisotopic (exact) mass is 337 g/mol. The fourth-order valence-electron chi connectivity index (χ4n) is 2.12. The quantitative estimate of drug-likeness (QED) is 0.572. The highest BCUT2D eigenvalue weighted by atomic mass is 32.2. The van der Waals surface area contributed by atoms with Gasteiger partial charge in [0, 0.05) is 11.4 Å². The first-order chi connectivity index (χ1) is 9.72. The van der Waals surface area contributed by atoms with Gasteiger partial charge in [-0.3, -0.25) is 0 Å². The Labute approximate surface area is 127 Å². The molecule has 1 aromatic heterocycles. The Bertz CT molecular complexity index is 586. The lowest BCUT2D eigenvalue weighted by Crippen LogP contribution is -2.59. The second-order valence-electron chi connectivity index (χ2n) is 5.07. The van der Waals surface area contributed by atoms with Gasteiger partial charge in [-0.05, 0) is 26.0 Å². The molecule has 2 heterocycles. The number of hydrogen-bond donors (Lipinski definition) is 4. The highest BCUT2D eigenvalue weighted by molar-refractivity contribution is 7.91. The Morgan fingerprint density at radius 2 is 1.90 bits per heavy atom. The summed E-state index contributed by atoms with van der Waals surface area (Å²) in [6.07, 6.45) is -5.54. The number of thiophene rings is 1. The molecule has 120 valence electrons. The van der Waals surface area contributed by atoms with E-state index >= 15 is 0 Å². The van der Waals surface area contributed by atoms with Gasteiger partial charge in [-0.25, -0.2) is 13.1 Å². The van der Waals surface area contributed by atoms with E-state index in [-0.39, 0.29) is 10.8 Å². The molecule has 0 unspecified atom stereocenters. The van der Waals surface area contributed by atoms with Crippen molar-refractivity contribution in [2.45, 2.75) is 48.6 Å². The molecule has 0 bridgehead atoms. The lowest BCUT2D eigenvalue weighted by molar-refractivity contribution is -0.214. The van der Waals surface area contributed by atoms with Crippen LogP contribution in [0.4, 0.5) is 0 Å². The van der Waals surface area contributed by atoms with Crippen LogP contribution in [-0.2, 0) is 14.8 Å². The van der Waals surface area contributed by atoms with E-state index in [4.69, 9.17) is 4.74 Å². The van der Waals surface area contributed by atoms with E-state index < -0.39 is 40.5 Å². The molecule has 0 amide bonds. The van der Waals surface area contributed by atoms with Crippen molar-refractivity contribution < 1.29 is 28.5 Å². The Balaban J connectivity index is 2.02. The van der Waals surface area contributed by atoms with Gasteiger partial charge in [0.25, 0.3) is 0 Å². The number of rotatable bonds is 4. The third kappa shape index (κ3) is 3.62. The van der Waals surface area contributed by atoms with Crippen molar-refractivity contribution in [3.8, 4) is 0 Å². The van der Waals surface area contributed by atoms with Crippen LogP contribution in [0.1, 0.15) is 11.8 Å². The SMILES string of the molecule is Cc1ccc(S(=O)(=O)NC[C@H]2O[C@@H](C)[C@@H](O)[C@@H](O)[C@@H]2O)s1. The topological polar surface area (TPSA) is 116 Å². The van der Waals surface area contributed by atoms with E-state index in [0.29, 0.717) is 0 Å². The van der Waals surface area contributed by atoms with E-state index in [9.17, 15) is 23.7 Å². The Morgan fingerprint density at radius 1 is 1.24 bits per heavy atom. The molecule has 4 N–H and O–H groups in total. The normalized spacial score (nSPS) is 34.0. The van der Waals surface area contributed by atoms with Crippen LogP contribution in [0, 0.1) is 6.92 Å². The van der Waals surface area contributed by atoms with Gasteiger partial charge < -0.3 is 20.1 Å². The predicted molar refractivity (Wildman–Crippen MR) is 76.6 cm³/mol. The van der Waals surface area contributed by atoms with Gasteiger partial charge in [-0.1, -0.05) is 0 Å². The fraction of sp³-hybridized carbons (Fsp3) is 0.667. The first-order valence-electron chi connectivity index (χ1n) is 6.48. The number of aryl methyl sites for hydroxylation is 1. The molecule has 2 rings (SSSR count). The molecule has 0 aliphatic carbocycles. The molecule has 5 atom stereocenters. The zero-order valence-corrected chi connectivity index (χ0v) is 13.3. The van der Waals surface area contributed by atoms with E-state index in [1.54, 1.807) is 19.9 Å². The van der Waals surface area contributed by atoms with Gasteiger partial charge in [-0.2, -0.15) is 0 Å². The van der Waals surface area contributed by atoms with Crippen molar-refractivity contribution in [1.82, 2.24) is 4.72 Å². The second kappa shape index (κ2) is 6.29. The average molecular weight is 337 g/mol. The third-order valence-corrected chi connectivity index (χ3v) is 6.32. The van der Waals surface area contributed by atoms with Gasteiger partial charge in [-0.15, -0.1) is 11.3 Å². The number of aliphatic hydroxyl groups is 3. The minimum Gasteiger partial charge on any atom is -0.388 e. The molecule has 7 nitrogen and oxygen atoms in total. The van der Waals surface area contributed by atoms with Crippen LogP contribution in [0.2, 0.25) is 0 Å². The summed E-state index contributed by atoms with van der Waals surface area (Å²) in [5.41, 5.74) is 0. The molecule has 1 fully saturated rings. The lowest BCUT2D eigenvalue weighted by Gasteiger charge is -2.39. The number of ether oxygens (including phenoxy) is 1. The minimum atomic E-state index is -3.68. The lowest BCUT2D eigenvalue weighted by atomic mass is 9.96. The zero-order valence-electron chi connectivity index (χ0n) is 11.6. The number of nitrogens with one attached hydrogen (secondary N) is 1. The molecule has 0 spiro atoms. The molecule has 0 saturated carbocycles. The van der Waals surface area contributed by atoms with Crippen molar-refractivity contribution in [3.05, 3.63) is 17.0 Å². The van der Waals surface area contributed by atoms with Crippen LogP contribution < -0.4 is 4.72 Å². The number of aliphatic hydroxyl groups excluding tert-OH is 3. The maximum atomic E-state index is 12.1.